The van der Waals surface area contributed by atoms with E-state index in [4.69, 9.17) is 0 Å². The van der Waals surface area contributed by atoms with Crippen LogP contribution in [-0.2, 0) is 0 Å². The van der Waals surface area contributed by atoms with Gasteiger partial charge in [0.05, 0.1) is 44.1 Å². The fourth-order valence-electron chi connectivity index (χ4n) is 8.84. The summed E-state index contributed by atoms with van der Waals surface area (Å²) in [6.07, 6.45) is 0. The number of para-hydroxylation sites is 5. The van der Waals surface area contributed by atoms with Gasteiger partial charge < -0.3 is 13.4 Å². The lowest BCUT2D eigenvalue weighted by Crippen LogP contribution is -1.93. The molecule has 0 amide bonds. The number of rotatable bonds is 1. The van der Waals surface area contributed by atoms with Crippen LogP contribution in [0.4, 0.5) is 0 Å². The summed E-state index contributed by atoms with van der Waals surface area (Å²) in [7, 11) is 0. The zero-order chi connectivity index (χ0) is 29.0. The van der Waals surface area contributed by atoms with Gasteiger partial charge in [0, 0.05) is 59.5 Å². The molecule has 0 spiro atoms. The molecule has 5 aromatic heterocycles. The highest BCUT2D eigenvalue weighted by molar-refractivity contribution is 6.42. The minimum atomic E-state index is 1.18. The Kier molecular flexibility index (Phi) is 3.76. The first-order chi connectivity index (χ1) is 22.4. The number of benzene rings is 7. The van der Waals surface area contributed by atoms with E-state index in [2.05, 4.69) is 153 Å². The van der Waals surface area contributed by atoms with Crippen molar-refractivity contribution in [2.24, 2.45) is 0 Å². The van der Waals surface area contributed by atoms with Crippen LogP contribution in [0.1, 0.15) is 0 Å². The zero-order valence-electron chi connectivity index (χ0n) is 24.1. The fraction of sp³-hybridized carbons (Fsp3) is 0. The molecule has 0 atom stereocenters. The van der Waals surface area contributed by atoms with Crippen LogP contribution in [0.25, 0.3) is 104 Å². The van der Waals surface area contributed by atoms with E-state index in [1.54, 1.807) is 0 Å². The third kappa shape index (κ3) is 2.43. The van der Waals surface area contributed by atoms with Gasteiger partial charge in [-0.25, -0.2) is 0 Å². The Morgan fingerprint density at radius 1 is 0.289 bits per heavy atom. The van der Waals surface area contributed by atoms with Crippen molar-refractivity contribution < 1.29 is 0 Å². The topological polar surface area (TPSA) is 13.8 Å². The van der Waals surface area contributed by atoms with Crippen molar-refractivity contribution in [1.29, 1.82) is 0 Å². The summed E-state index contributed by atoms with van der Waals surface area (Å²) in [6.45, 7) is 0. The lowest BCUT2D eigenvalue weighted by Gasteiger charge is -2.09. The van der Waals surface area contributed by atoms with Crippen LogP contribution in [0.2, 0.25) is 0 Å². The second-order valence-electron chi connectivity index (χ2n) is 12.5. The smallest absolute Gasteiger partial charge is 0.0642 e. The molecule has 7 aromatic carbocycles. The third-order valence-corrected chi connectivity index (χ3v) is 10.4. The van der Waals surface area contributed by atoms with Crippen molar-refractivity contribution in [3.63, 3.8) is 0 Å². The van der Waals surface area contributed by atoms with Gasteiger partial charge in [-0.2, -0.15) is 0 Å². The maximum Gasteiger partial charge on any atom is 0.0642 e. The van der Waals surface area contributed by atoms with Crippen LogP contribution in [-0.4, -0.2) is 13.4 Å². The average Bonchev–Trinajstić information content (AvgIpc) is 3.88. The Hall–Kier alpha value is -6.06. The van der Waals surface area contributed by atoms with E-state index in [1.807, 2.05) is 0 Å². The van der Waals surface area contributed by atoms with Gasteiger partial charge >= 0.3 is 0 Å². The van der Waals surface area contributed by atoms with Crippen LogP contribution in [0.15, 0.2) is 140 Å². The Morgan fingerprint density at radius 3 is 1.44 bits per heavy atom. The molecule has 0 fully saturated rings. The van der Waals surface area contributed by atoms with Crippen molar-refractivity contribution in [3.8, 4) is 5.69 Å². The second kappa shape index (κ2) is 7.53. The van der Waals surface area contributed by atoms with Crippen molar-refractivity contribution in [3.05, 3.63) is 140 Å². The van der Waals surface area contributed by atoms with E-state index < -0.39 is 0 Å². The van der Waals surface area contributed by atoms with E-state index in [0.29, 0.717) is 0 Å². The Balaban J connectivity index is 1.51. The van der Waals surface area contributed by atoms with Crippen molar-refractivity contribution >= 4 is 98.0 Å². The van der Waals surface area contributed by atoms with E-state index in [0.717, 1.165) is 0 Å². The molecule has 0 aliphatic carbocycles. The number of aromatic nitrogens is 3. The van der Waals surface area contributed by atoms with Gasteiger partial charge in [-0.3, -0.25) is 0 Å². The number of fused-ring (bicyclic) bond motifs is 17. The maximum atomic E-state index is 2.56. The van der Waals surface area contributed by atoms with E-state index in [-0.39, 0.29) is 0 Å². The summed E-state index contributed by atoms with van der Waals surface area (Å²) in [5.41, 5.74) is 11.4. The number of hydrogen-bond acceptors (Lipinski definition) is 0. The summed E-state index contributed by atoms with van der Waals surface area (Å²) in [6, 6.07) is 51.6. The summed E-state index contributed by atoms with van der Waals surface area (Å²) < 4.78 is 7.57. The minimum Gasteiger partial charge on any atom is -0.309 e. The standard InChI is InChI=1S/C42H23N3/c1-2-12-24(13-3-1)43-32-18-8-4-14-25(32)29-22-30-26-15-5-10-20-34(26)45-36-23-31-27-16-6-9-19-33(27)44-35-21-11-7-17-28(35)37(40(31)44)38(36)39(41(29)43)42(30)45/h1-23H. The van der Waals surface area contributed by atoms with E-state index in [1.165, 1.54) is 104 Å². The lowest BCUT2D eigenvalue weighted by molar-refractivity contribution is 1.19. The highest BCUT2D eigenvalue weighted by atomic mass is 15.0. The predicted molar refractivity (Wildman–Crippen MR) is 190 cm³/mol. The molecule has 12 aromatic rings. The average molecular weight is 570 g/mol. The van der Waals surface area contributed by atoms with Crippen molar-refractivity contribution in [2.45, 2.75) is 0 Å². The van der Waals surface area contributed by atoms with Crippen LogP contribution in [0, 0.1) is 0 Å². The molecule has 0 aliphatic heterocycles. The van der Waals surface area contributed by atoms with Gasteiger partial charge in [-0.1, -0.05) is 91.0 Å². The number of hydrogen-bond donors (Lipinski definition) is 0. The Labute approximate surface area is 256 Å². The van der Waals surface area contributed by atoms with Crippen LogP contribution >= 0.6 is 0 Å². The highest BCUT2D eigenvalue weighted by Crippen LogP contribution is 2.51. The lowest BCUT2D eigenvalue weighted by atomic mass is 9.99. The van der Waals surface area contributed by atoms with Crippen molar-refractivity contribution in [1.82, 2.24) is 13.4 Å². The molecule has 12 rings (SSSR count). The molecule has 0 saturated carbocycles. The molecule has 0 unspecified atom stereocenters. The Morgan fingerprint density at radius 2 is 0.756 bits per heavy atom. The molecule has 3 nitrogen and oxygen atoms in total. The highest BCUT2D eigenvalue weighted by Gasteiger charge is 2.28. The molecule has 5 heterocycles. The van der Waals surface area contributed by atoms with Crippen LogP contribution < -0.4 is 0 Å². The van der Waals surface area contributed by atoms with E-state index >= 15 is 0 Å². The summed E-state index contributed by atoms with van der Waals surface area (Å²) in [4.78, 5) is 0. The van der Waals surface area contributed by atoms with Gasteiger partial charge in [-0.05, 0) is 48.5 Å². The van der Waals surface area contributed by atoms with Crippen LogP contribution in [0.5, 0.6) is 0 Å². The fourth-order valence-corrected chi connectivity index (χ4v) is 8.84. The predicted octanol–water partition coefficient (Wildman–Crippen LogP) is 11.1. The van der Waals surface area contributed by atoms with Gasteiger partial charge in [0.1, 0.15) is 0 Å². The SMILES string of the molecule is c1ccc(-n2c3ccccc3c3cc4c5ccccc5n5c6cc7c8ccccc8n8c9ccccc9c(c6c(c32)c45)c78)cc1. The maximum absolute atomic E-state index is 2.56. The van der Waals surface area contributed by atoms with Crippen LogP contribution in [0.3, 0.4) is 0 Å². The van der Waals surface area contributed by atoms with Crippen molar-refractivity contribution in [2.75, 3.05) is 0 Å². The zero-order valence-corrected chi connectivity index (χ0v) is 24.1. The molecular weight excluding hydrogens is 546 g/mol. The van der Waals surface area contributed by atoms with E-state index in [9.17, 15) is 0 Å². The minimum absolute atomic E-state index is 1.18. The monoisotopic (exact) mass is 569 g/mol. The molecule has 0 aliphatic rings. The van der Waals surface area contributed by atoms with Gasteiger partial charge in [0.15, 0.2) is 0 Å². The summed E-state index contributed by atoms with van der Waals surface area (Å²) in [5, 5.41) is 13.1. The molecule has 0 saturated heterocycles. The molecular formula is C42H23N3. The van der Waals surface area contributed by atoms with Gasteiger partial charge in [0.2, 0.25) is 0 Å². The third-order valence-electron chi connectivity index (χ3n) is 10.4. The first-order valence-electron chi connectivity index (χ1n) is 15.6. The number of nitrogens with zero attached hydrogens (tertiary/aromatic N) is 3. The quantitative estimate of drug-likeness (QED) is 0.187. The van der Waals surface area contributed by atoms with Gasteiger partial charge in [-0.15, -0.1) is 0 Å². The molecule has 45 heavy (non-hydrogen) atoms. The second-order valence-corrected chi connectivity index (χ2v) is 12.5. The first kappa shape index (κ1) is 22.5. The largest absolute Gasteiger partial charge is 0.309 e. The molecule has 0 bridgehead atoms. The first-order valence-corrected chi connectivity index (χ1v) is 15.6. The molecule has 3 heteroatoms. The molecule has 0 radical (unpaired) electrons. The van der Waals surface area contributed by atoms with Gasteiger partial charge in [0.25, 0.3) is 0 Å². The summed E-state index contributed by atoms with van der Waals surface area (Å²) >= 11 is 0. The normalized spacial score (nSPS) is 12.9. The molecule has 0 N–H and O–H groups in total. The molecule has 206 valence electrons. The Bertz CT molecular complexity index is 3190. The summed E-state index contributed by atoms with van der Waals surface area (Å²) in [5.74, 6) is 0.